The Morgan fingerprint density at radius 3 is 2.08 bits per heavy atom. The van der Waals surface area contributed by atoms with Gasteiger partial charge in [0.15, 0.2) is 0 Å². The lowest BCUT2D eigenvalue weighted by atomic mass is 9.92. The molecule has 1 unspecified atom stereocenters. The lowest BCUT2D eigenvalue weighted by molar-refractivity contribution is 0.0195. The maximum atomic E-state index is 13.4. The molecule has 3 aromatic carbocycles. The third kappa shape index (κ3) is 5.85. The van der Waals surface area contributed by atoms with Crippen LogP contribution < -0.4 is 0 Å². The zero-order chi connectivity index (χ0) is 25.7. The van der Waals surface area contributed by atoms with Gasteiger partial charge in [-0.05, 0) is 68.7 Å². The number of halogens is 1. The summed E-state index contributed by atoms with van der Waals surface area (Å²) in [6.07, 6.45) is 0. The summed E-state index contributed by atoms with van der Waals surface area (Å²) < 4.78 is 13.4. The van der Waals surface area contributed by atoms with E-state index >= 15 is 0 Å². The smallest absolute Gasteiger partial charge is 0.253 e. The Labute approximate surface area is 215 Å². The number of nitrogens with zero attached hydrogens (tertiary/aromatic N) is 3. The Morgan fingerprint density at radius 1 is 0.861 bits per heavy atom. The molecular weight excluding hydrogens is 449 g/mol. The van der Waals surface area contributed by atoms with Crippen LogP contribution in [-0.2, 0) is 6.54 Å². The number of hydrogen-bond acceptors (Lipinski definition) is 3. The Morgan fingerprint density at radius 2 is 1.47 bits per heavy atom. The van der Waals surface area contributed by atoms with Crippen LogP contribution in [0.2, 0.25) is 0 Å². The molecule has 1 saturated heterocycles. The van der Waals surface area contributed by atoms with Gasteiger partial charge in [-0.3, -0.25) is 14.6 Å². The molecule has 36 heavy (non-hydrogen) atoms. The minimum absolute atomic E-state index is 0.0826. The second-order valence-corrected chi connectivity index (χ2v) is 9.86. The molecule has 3 aromatic rings. The Kier molecular flexibility index (Phi) is 8.55. The number of hydrogen-bond donors (Lipinski definition) is 0. The van der Waals surface area contributed by atoms with Crippen LogP contribution in [0.1, 0.15) is 60.8 Å². The van der Waals surface area contributed by atoms with Crippen molar-refractivity contribution in [2.24, 2.45) is 0 Å². The van der Waals surface area contributed by atoms with Gasteiger partial charge >= 0.3 is 0 Å². The first kappa shape index (κ1) is 26.1. The van der Waals surface area contributed by atoms with Gasteiger partial charge in [-0.2, -0.15) is 0 Å². The summed E-state index contributed by atoms with van der Waals surface area (Å²) in [6, 6.07) is 26.5. The van der Waals surface area contributed by atoms with Crippen molar-refractivity contribution in [3.8, 4) is 0 Å². The van der Waals surface area contributed by atoms with Gasteiger partial charge in [0.25, 0.3) is 5.91 Å². The van der Waals surface area contributed by atoms with E-state index in [-0.39, 0.29) is 17.8 Å². The molecule has 0 aromatic heterocycles. The van der Waals surface area contributed by atoms with Crippen LogP contribution >= 0.6 is 0 Å². The summed E-state index contributed by atoms with van der Waals surface area (Å²) in [4.78, 5) is 19.8. The molecule has 3 atom stereocenters. The number of amides is 1. The van der Waals surface area contributed by atoms with Crippen LogP contribution in [0, 0.1) is 5.82 Å². The molecule has 5 heteroatoms. The summed E-state index contributed by atoms with van der Waals surface area (Å²) in [6.45, 7) is 12.7. The van der Waals surface area contributed by atoms with Crippen LogP contribution in [-0.4, -0.2) is 58.9 Å². The summed E-state index contributed by atoms with van der Waals surface area (Å²) in [5.41, 5.74) is 4.33. The molecule has 1 heterocycles. The predicted octanol–water partition coefficient (Wildman–Crippen LogP) is 5.99. The van der Waals surface area contributed by atoms with E-state index < -0.39 is 0 Å². The third-order valence-electron chi connectivity index (χ3n) is 7.43. The van der Waals surface area contributed by atoms with E-state index in [0.717, 1.165) is 30.8 Å². The predicted molar refractivity (Wildman–Crippen MR) is 144 cm³/mol. The first-order chi connectivity index (χ1) is 17.4. The largest absolute Gasteiger partial charge is 0.339 e. The van der Waals surface area contributed by atoms with E-state index in [1.165, 1.54) is 11.1 Å². The second-order valence-electron chi connectivity index (χ2n) is 9.86. The maximum Gasteiger partial charge on any atom is 0.253 e. The quantitative estimate of drug-likeness (QED) is 0.390. The number of benzene rings is 3. The maximum absolute atomic E-state index is 13.4. The second kappa shape index (κ2) is 11.8. The van der Waals surface area contributed by atoms with E-state index in [0.29, 0.717) is 25.2 Å². The van der Waals surface area contributed by atoms with E-state index in [1.54, 1.807) is 12.1 Å². The molecule has 1 aliphatic heterocycles. The summed E-state index contributed by atoms with van der Waals surface area (Å²) >= 11 is 0. The lowest BCUT2D eigenvalue weighted by Crippen LogP contribution is -2.56. The average Bonchev–Trinajstić information content (AvgIpc) is 2.90. The van der Waals surface area contributed by atoms with Crippen LogP contribution in [0.15, 0.2) is 78.9 Å². The normalized spacial score (nSPS) is 19.7. The van der Waals surface area contributed by atoms with Crippen molar-refractivity contribution in [3.05, 3.63) is 107 Å². The molecule has 0 bridgehead atoms. The number of carbonyl (C=O) groups is 1. The van der Waals surface area contributed by atoms with Crippen LogP contribution in [0.3, 0.4) is 0 Å². The Bertz CT molecular complexity index is 1110. The standard InChI is InChI=1S/C31H38FN3O/c1-5-33(6-2)31(36)28-16-14-27(15-17-28)30(26-10-8-7-9-11-26)35-21-23(3)34(20-24(35)4)22-25-12-18-29(32)19-13-25/h7-19,23-24,30H,5-6,20-22H2,1-4H3/t23-,24+,30?/m1/s1. The SMILES string of the molecule is CCN(CC)C(=O)c1ccc(C(c2ccccc2)N2C[C@@H](C)N(Cc3ccc(F)cc3)C[C@@H]2C)cc1. The van der Waals surface area contributed by atoms with E-state index in [2.05, 4.69) is 66.1 Å². The number of carbonyl (C=O) groups excluding carboxylic acids is 1. The van der Waals surface area contributed by atoms with Gasteiger partial charge in [-0.15, -0.1) is 0 Å². The molecule has 0 saturated carbocycles. The highest BCUT2D eigenvalue weighted by atomic mass is 19.1. The molecule has 0 N–H and O–H groups in total. The molecular formula is C31H38FN3O. The van der Waals surface area contributed by atoms with Gasteiger partial charge in [-0.1, -0.05) is 54.6 Å². The number of piperazine rings is 1. The summed E-state index contributed by atoms with van der Waals surface area (Å²) in [5, 5.41) is 0. The fourth-order valence-corrected chi connectivity index (χ4v) is 5.34. The zero-order valence-corrected chi connectivity index (χ0v) is 21.9. The average molecular weight is 488 g/mol. The summed E-state index contributed by atoms with van der Waals surface area (Å²) in [7, 11) is 0. The minimum atomic E-state index is -0.194. The molecule has 0 aliphatic carbocycles. The molecule has 1 fully saturated rings. The monoisotopic (exact) mass is 487 g/mol. The number of rotatable bonds is 8. The molecule has 0 radical (unpaired) electrons. The highest BCUT2D eigenvalue weighted by Gasteiger charge is 2.34. The molecule has 4 nitrogen and oxygen atoms in total. The minimum Gasteiger partial charge on any atom is -0.339 e. The van der Waals surface area contributed by atoms with Crippen molar-refractivity contribution in [1.82, 2.24) is 14.7 Å². The van der Waals surface area contributed by atoms with E-state index in [9.17, 15) is 9.18 Å². The lowest BCUT2D eigenvalue weighted by Gasteiger charge is -2.47. The topological polar surface area (TPSA) is 26.8 Å². The van der Waals surface area contributed by atoms with Gasteiger partial charge in [-0.25, -0.2) is 4.39 Å². The van der Waals surface area contributed by atoms with Gasteiger partial charge in [0.1, 0.15) is 5.82 Å². The van der Waals surface area contributed by atoms with E-state index in [4.69, 9.17) is 0 Å². The fraction of sp³-hybridized carbons (Fsp3) is 0.387. The van der Waals surface area contributed by atoms with Crippen LogP contribution in [0.4, 0.5) is 4.39 Å². The fourth-order valence-electron chi connectivity index (χ4n) is 5.34. The third-order valence-corrected chi connectivity index (χ3v) is 7.43. The first-order valence-corrected chi connectivity index (χ1v) is 13.1. The molecule has 190 valence electrons. The van der Waals surface area contributed by atoms with Gasteiger partial charge in [0.2, 0.25) is 0 Å². The molecule has 1 aliphatic rings. The Hall–Kier alpha value is -3.02. The van der Waals surface area contributed by atoms with Crippen molar-refractivity contribution < 1.29 is 9.18 Å². The van der Waals surface area contributed by atoms with Crippen molar-refractivity contribution >= 4 is 5.91 Å². The van der Waals surface area contributed by atoms with Crippen molar-refractivity contribution in [2.75, 3.05) is 26.2 Å². The molecule has 4 rings (SSSR count). The van der Waals surface area contributed by atoms with Crippen LogP contribution in [0.25, 0.3) is 0 Å². The van der Waals surface area contributed by atoms with Gasteiger partial charge < -0.3 is 4.90 Å². The van der Waals surface area contributed by atoms with E-state index in [1.807, 2.05) is 43.0 Å². The molecule has 0 spiro atoms. The van der Waals surface area contributed by atoms with Gasteiger partial charge in [0.05, 0.1) is 6.04 Å². The van der Waals surface area contributed by atoms with Crippen molar-refractivity contribution in [2.45, 2.75) is 52.4 Å². The summed E-state index contributed by atoms with van der Waals surface area (Å²) in [5.74, 6) is -0.111. The van der Waals surface area contributed by atoms with Crippen molar-refractivity contribution in [1.29, 1.82) is 0 Å². The van der Waals surface area contributed by atoms with Crippen LogP contribution in [0.5, 0.6) is 0 Å². The first-order valence-electron chi connectivity index (χ1n) is 13.1. The highest BCUT2D eigenvalue weighted by Crippen LogP contribution is 2.34. The highest BCUT2D eigenvalue weighted by molar-refractivity contribution is 5.94. The Balaban J connectivity index is 1.58. The van der Waals surface area contributed by atoms with Gasteiger partial charge in [0, 0.05) is 50.4 Å². The van der Waals surface area contributed by atoms with Crippen molar-refractivity contribution in [3.63, 3.8) is 0 Å². The molecule has 1 amide bonds. The zero-order valence-electron chi connectivity index (χ0n) is 21.9.